The van der Waals surface area contributed by atoms with Crippen LogP contribution in [-0.2, 0) is 21.3 Å². The number of ether oxygens (including phenoxy) is 1. The number of halogens is 1. The Labute approximate surface area is 170 Å². The zero-order chi connectivity index (χ0) is 21.0. The van der Waals surface area contributed by atoms with Crippen LogP contribution in [0.4, 0.5) is 4.39 Å². The summed E-state index contributed by atoms with van der Waals surface area (Å²) >= 11 is 0. The molecule has 2 N–H and O–H groups in total. The molecule has 0 unspecified atom stereocenters. The fourth-order valence-electron chi connectivity index (χ4n) is 3.32. The van der Waals surface area contributed by atoms with E-state index in [0.717, 1.165) is 17.8 Å². The van der Waals surface area contributed by atoms with Crippen molar-refractivity contribution >= 4 is 10.0 Å². The number of hydrogen-bond acceptors (Lipinski definition) is 6. The lowest BCUT2D eigenvalue weighted by Crippen LogP contribution is -2.50. The monoisotopic (exact) mass is 426 g/mol. The summed E-state index contributed by atoms with van der Waals surface area (Å²) in [7, 11) is -3.83. The molecule has 1 aliphatic rings. The van der Waals surface area contributed by atoms with Gasteiger partial charge in [-0.05, 0) is 49.4 Å². The maximum Gasteiger partial charge on any atom is 0.240 e. The van der Waals surface area contributed by atoms with Crippen LogP contribution in [0.1, 0.15) is 44.7 Å². The van der Waals surface area contributed by atoms with Gasteiger partial charge in [0.25, 0.3) is 0 Å². The van der Waals surface area contributed by atoms with Crippen LogP contribution in [-0.4, -0.2) is 53.4 Å². The smallest absolute Gasteiger partial charge is 0.240 e. The molecular formula is C19H27FN4O4S. The molecule has 8 nitrogen and oxygen atoms in total. The Morgan fingerprint density at radius 1 is 1.31 bits per heavy atom. The quantitative estimate of drug-likeness (QED) is 0.667. The predicted molar refractivity (Wildman–Crippen MR) is 104 cm³/mol. The fourth-order valence-corrected chi connectivity index (χ4v) is 4.62. The molecule has 0 spiro atoms. The van der Waals surface area contributed by atoms with Crippen LogP contribution in [0.5, 0.6) is 0 Å². The highest BCUT2D eigenvalue weighted by Crippen LogP contribution is 2.24. The first-order chi connectivity index (χ1) is 13.8. The van der Waals surface area contributed by atoms with Gasteiger partial charge in [0.1, 0.15) is 5.82 Å². The molecule has 0 radical (unpaired) electrons. The summed E-state index contributed by atoms with van der Waals surface area (Å²) in [6, 6.07) is 4.06. The minimum Gasteiger partial charge on any atom is -0.394 e. The Balaban J connectivity index is 1.56. The zero-order valence-corrected chi connectivity index (χ0v) is 17.3. The summed E-state index contributed by atoms with van der Waals surface area (Å²) in [5.74, 6) is -0.197. The van der Waals surface area contributed by atoms with E-state index in [1.165, 1.54) is 12.1 Å². The SMILES string of the molecule is CC(C)c1cn(CC[C@@H]2CC[C@@H](NS(=O)(=O)c3ccc(F)cc3)[C@@H](CO)O2)nn1. The molecule has 1 fully saturated rings. The Morgan fingerprint density at radius 2 is 2.03 bits per heavy atom. The van der Waals surface area contributed by atoms with Crippen molar-refractivity contribution in [2.75, 3.05) is 6.61 Å². The second-order valence-electron chi connectivity index (χ2n) is 7.59. The van der Waals surface area contributed by atoms with E-state index >= 15 is 0 Å². The normalized spacial score (nSPS) is 22.9. The third kappa shape index (κ3) is 5.59. The number of aliphatic hydroxyl groups excluding tert-OH is 1. The number of rotatable bonds is 8. The Morgan fingerprint density at radius 3 is 2.66 bits per heavy atom. The highest BCUT2D eigenvalue weighted by molar-refractivity contribution is 7.89. The molecule has 160 valence electrons. The van der Waals surface area contributed by atoms with Crippen LogP contribution in [0, 0.1) is 5.82 Å². The molecule has 0 bridgehead atoms. The van der Waals surface area contributed by atoms with Crippen molar-refractivity contribution in [1.29, 1.82) is 0 Å². The van der Waals surface area contributed by atoms with Crippen molar-refractivity contribution in [3.63, 3.8) is 0 Å². The van der Waals surface area contributed by atoms with Gasteiger partial charge in [-0.15, -0.1) is 5.10 Å². The zero-order valence-electron chi connectivity index (χ0n) is 16.5. The van der Waals surface area contributed by atoms with Crippen LogP contribution in [0.15, 0.2) is 35.4 Å². The third-order valence-corrected chi connectivity index (χ3v) is 6.56. The number of nitrogens with one attached hydrogen (secondary N) is 1. The molecule has 29 heavy (non-hydrogen) atoms. The lowest BCUT2D eigenvalue weighted by atomic mass is 9.98. The van der Waals surface area contributed by atoms with E-state index in [1.54, 1.807) is 4.68 Å². The first-order valence-electron chi connectivity index (χ1n) is 9.72. The highest BCUT2D eigenvalue weighted by atomic mass is 32.2. The third-order valence-electron chi connectivity index (χ3n) is 5.05. The van der Waals surface area contributed by atoms with Crippen molar-refractivity contribution in [2.24, 2.45) is 0 Å². The van der Waals surface area contributed by atoms with Crippen LogP contribution in [0.2, 0.25) is 0 Å². The second kappa shape index (κ2) is 9.29. The fraction of sp³-hybridized carbons (Fsp3) is 0.579. The van der Waals surface area contributed by atoms with E-state index in [1.807, 2.05) is 6.20 Å². The van der Waals surface area contributed by atoms with Gasteiger partial charge in [-0.25, -0.2) is 17.5 Å². The van der Waals surface area contributed by atoms with Crippen molar-refractivity contribution in [3.05, 3.63) is 42.0 Å². The average molecular weight is 427 g/mol. The second-order valence-corrected chi connectivity index (χ2v) is 9.30. The lowest BCUT2D eigenvalue weighted by Gasteiger charge is -2.36. The Bertz CT molecular complexity index is 901. The summed E-state index contributed by atoms with van der Waals surface area (Å²) in [5, 5.41) is 17.9. The van der Waals surface area contributed by atoms with Gasteiger partial charge < -0.3 is 9.84 Å². The highest BCUT2D eigenvalue weighted by Gasteiger charge is 2.34. The Kier molecular flexibility index (Phi) is 6.99. The molecule has 1 aromatic carbocycles. The summed E-state index contributed by atoms with van der Waals surface area (Å²) < 4.78 is 48.4. The summed E-state index contributed by atoms with van der Waals surface area (Å²) in [6.45, 7) is 4.44. The minimum atomic E-state index is -3.83. The van der Waals surface area contributed by atoms with Gasteiger partial charge in [-0.1, -0.05) is 19.1 Å². The van der Waals surface area contributed by atoms with Gasteiger partial charge in [0, 0.05) is 12.7 Å². The van der Waals surface area contributed by atoms with Crippen molar-refractivity contribution in [1.82, 2.24) is 19.7 Å². The van der Waals surface area contributed by atoms with Crippen LogP contribution in [0.25, 0.3) is 0 Å². The number of benzene rings is 1. The van der Waals surface area contributed by atoms with Gasteiger partial charge in [-0.2, -0.15) is 0 Å². The number of nitrogens with zero attached hydrogens (tertiary/aromatic N) is 3. The molecule has 0 saturated carbocycles. The molecule has 0 amide bonds. The predicted octanol–water partition coefficient (Wildman–Crippen LogP) is 1.82. The molecule has 2 aromatic rings. The van der Waals surface area contributed by atoms with Crippen LogP contribution in [0.3, 0.4) is 0 Å². The van der Waals surface area contributed by atoms with E-state index in [2.05, 4.69) is 28.9 Å². The summed E-state index contributed by atoms with van der Waals surface area (Å²) in [4.78, 5) is -0.0233. The van der Waals surface area contributed by atoms with E-state index in [0.29, 0.717) is 31.7 Å². The minimum absolute atomic E-state index is 0.0233. The van der Waals surface area contributed by atoms with Gasteiger partial charge in [0.15, 0.2) is 0 Å². The molecule has 3 rings (SSSR count). The number of aryl methyl sites for hydroxylation is 1. The number of aromatic nitrogens is 3. The molecule has 1 aliphatic heterocycles. The number of aliphatic hydroxyl groups is 1. The van der Waals surface area contributed by atoms with E-state index in [-0.39, 0.29) is 17.6 Å². The molecule has 10 heteroatoms. The first-order valence-corrected chi connectivity index (χ1v) is 11.2. The van der Waals surface area contributed by atoms with Gasteiger partial charge in [-0.3, -0.25) is 4.68 Å². The summed E-state index contributed by atoms with van der Waals surface area (Å²) in [5.41, 5.74) is 0.929. The molecule has 1 aromatic heterocycles. The molecular weight excluding hydrogens is 399 g/mol. The largest absolute Gasteiger partial charge is 0.394 e. The van der Waals surface area contributed by atoms with Crippen molar-refractivity contribution in [2.45, 2.75) is 68.7 Å². The molecule has 2 heterocycles. The number of hydrogen-bond donors (Lipinski definition) is 2. The lowest BCUT2D eigenvalue weighted by molar-refractivity contribution is -0.0891. The topological polar surface area (TPSA) is 106 Å². The average Bonchev–Trinajstić information content (AvgIpc) is 3.17. The molecule has 3 atom stereocenters. The maximum absolute atomic E-state index is 13.1. The molecule has 0 aliphatic carbocycles. The standard InChI is InChI=1S/C19H27FN4O4S/c1-13(2)18-11-24(23-21-18)10-9-15-5-8-17(19(12-25)28-15)22-29(26,27)16-6-3-14(20)4-7-16/h3-4,6-7,11,13,15,17,19,22,25H,5,8-10,12H2,1-2H3/t15-,17+,19+/m0/s1. The van der Waals surface area contributed by atoms with E-state index in [9.17, 15) is 17.9 Å². The van der Waals surface area contributed by atoms with Gasteiger partial charge >= 0.3 is 0 Å². The first kappa shape index (κ1) is 21.8. The van der Waals surface area contributed by atoms with Crippen molar-refractivity contribution in [3.8, 4) is 0 Å². The van der Waals surface area contributed by atoms with E-state index in [4.69, 9.17) is 4.74 Å². The molecule has 1 saturated heterocycles. The van der Waals surface area contributed by atoms with Gasteiger partial charge in [0.2, 0.25) is 10.0 Å². The van der Waals surface area contributed by atoms with Crippen LogP contribution >= 0.6 is 0 Å². The van der Waals surface area contributed by atoms with Gasteiger partial charge in [0.05, 0.1) is 35.4 Å². The number of sulfonamides is 1. The summed E-state index contributed by atoms with van der Waals surface area (Å²) in [6.07, 6.45) is 3.03. The maximum atomic E-state index is 13.1. The van der Waals surface area contributed by atoms with Crippen molar-refractivity contribution < 1.29 is 22.7 Å². The van der Waals surface area contributed by atoms with Crippen LogP contribution < -0.4 is 4.72 Å². The Hall–Kier alpha value is -1.88. The van der Waals surface area contributed by atoms with E-state index < -0.39 is 28.0 Å².